The Balaban J connectivity index is 3.25. The number of nitrogens with zero attached hydrogens (tertiary/aromatic N) is 1. The second kappa shape index (κ2) is 4.26. The Kier molecular flexibility index (Phi) is 3.27. The van der Waals surface area contributed by atoms with E-state index in [1.807, 2.05) is 25.1 Å². The molecule has 2 N–H and O–H groups in total. The standard InChI is InChI=1S/C12H16N2/c1-8(2)12(14)11-9(3)5-4-6-10(11)7-13/h4-6,8,12H,14H2,1-3H3. The molecule has 14 heavy (non-hydrogen) atoms. The minimum atomic E-state index is -0.0501. The summed E-state index contributed by atoms with van der Waals surface area (Å²) in [5.41, 5.74) is 8.86. The van der Waals surface area contributed by atoms with Crippen LogP contribution in [0.2, 0.25) is 0 Å². The lowest BCUT2D eigenvalue weighted by molar-refractivity contribution is 0.511. The molecule has 74 valence electrons. The van der Waals surface area contributed by atoms with E-state index in [1.165, 1.54) is 0 Å². The Morgan fingerprint density at radius 2 is 2.00 bits per heavy atom. The van der Waals surface area contributed by atoms with Crippen molar-refractivity contribution in [1.82, 2.24) is 0 Å². The molecule has 1 aromatic rings. The number of rotatable bonds is 2. The SMILES string of the molecule is Cc1cccc(C#N)c1C(N)C(C)C. The van der Waals surface area contributed by atoms with E-state index >= 15 is 0 Å². The van der Waals surface area contributed by atoms with Crippen LogP contribution in [0.4, 0.5) is 0 Å². The van der Waals surface area contributed by atoms with E-state index in [4.69, 9.17) is 11.0 Å². The number of benzene rings is 1. The van der Waals surface area contributed by atoms with Gasteiger partial charge in [-0.2, -0.15) is 5.26 Å². The highest BCUT2D eigenvalue weighted by Crippen LogP contribution is 2.25. The first-order chi connectivity index (χ1) is 6.57. The molecule has 0 aromatic heterocycles. The monoisotopic (exact) mass is 188 g/mol. The van der Waals surface area contributed by atoms with Crippen LogP contribution in [0.1, 0.15) is 36.6 Å². The van der Waals surface area contributed by atoms with E-state index in [0.717, 1.165) is 11.1 Å². The third-order valence-corrected chi connectivity index (χ3v) is 2.50. The van der Waals surface area contributed by atoms with Crippen LogP contribution < -0.4 is 5.73 Å². The molecule has 0 aliphatic rings. The Bertz CT molecular complexity index is 361. The molecule has 0 saturated carbocycles. The summed E-state index contributed by atoms with van der Waals surface area (Å²) in [5, 5.41) is 8.97. The fourth-order valence-electron chi connectivity index (χ4n) is 1.55. The average Bonchev–Trinajstić information content (AvgIpc) is 2.16. The van der Waals surface area contributed by atoms with Gasteiger partial charge in [-0.05, 0) is 30.0 Å². The summed E-state index contributed by atoms with van der Waals surface area (Å²) in [5.74, 6) is 0.350. The molecule has 0 fully saturated rings. The zero-order valence-electron chi connectivity index (χ0n) is 8.91. The van der Waals surface area contributed by atoms with Gasteiger partial charge in [-0.15, -0.1) is 0 Å². The van der Waals surface area contributed by atoms with E-state index in [2.05, 4.69) is 19.9 Å². The summed E-state index contributed by atoms with van der Waals surface area (Å²) in [4.78, 5) is 0. The predicted molar refractivity (Wildman–Crippen MR) is 57.7 cm³/mol. The van der Waals surface area contributed by atoms with E-state index < -0.39 is 0 Å². The predicted octanol–water partition coefficient (Wildman–Crippen LogP) is 2.52. The summed E-state index contributed by atoms with van der Waals surface area (Å²) < 4.78 is 0. The maximum absolute atomic E-state index is 8.97. The molecule has 2 nitrogen and oxygen atoms in total. The third-order valence-electron chi connectivity index (χ3n) is 2.50. The van der Waals surface area contributed by atoms with E-state index in [0.29, 0.717) is 11.5 Å². The smallest absolute Gasteiger partial charge is 0.0995 e. The van der Waals surface area contributed by atoms with Crippen LogP contribution >= 0.6 is 0 Å². The van der Waals surface area contributed by atoms with Crippen molar-refractivity contribution in [3.63, 3.8) is 0 Å². The largest absolute Gasteiger partial charge is 0.324 e. The van der Waals surface area contributed by atoms with Crippen molar-refractivity contribution in [2.24, 2.45) is 11.7 Å². The fraction of sp³-hybridized carbons (Fsp3) is 0.417. The van der Waals surface area contributed by atoms with Gasteiger partial charge in [0.2, 0.25) is 0 Å². The summed E-state index contributed by atoms with van der Waals surface area (Å²) in [6, 6.07) is 7.86. The van der Waals surface area contributed by atoms with Gasteiger partial charge >= 0.3 is 0 Å². The van der Waals surface area contributed by atoms with Crippen LogP contribution in [-0.2, 0) is 0 Å². The highest BCUT2D eigenvalue weighted by molar-refractivity contribution is 5.44. The van der Waals surface area contributed by atoms with Crippen LogP contribution in [0, 0.1) is 24.2 Å². The lowest BCUT2D eigenvalue weighted by atomic mass is 9.90. The first kappa shape index (κ1) is 10.7. The Morgan fingerprint density at radius 3 is 2.50 bits per heavy atom. The van der Waals surface area contributed by atoms with Gasteiger partial charge in [0.05, 0.1) is 11.6 Å². The fourth-order valence-corrected chi connectivity index (χ4v) is 1.55. The van der Waals surface area contributed by atoms with Crippen molar-refractivity contribution in [1.29, 1.82) is 5.26 Å². The minimum absolute atomic E-state index is 0.0501. The van der Waals surface area contributed by atoms with Crippen molar-refractivity contribution in [2.45, 2.75) is 26.8 Å². The van der Waals surface area contributed by atoms with Crippen LogP contribution in [0.3, 0.4) is 0 Å². The molecule has 0 saturated heterocycles. The summed E-state index contributed by atoms with van der Waals surface area (Å²) >= 11 is 0. The highest BCUT2D eigenvalue weighted by Gasteiger charge is 2.16. The first-order valence-corrected chi connectivity index (χ1v) is 4.83. The molecule has 0 aliphatic carbocycles. The quantitative estimate of drug-likeness (QED) is 0.775. The Morgan fingerprint density at radius 1 is 1.36 bits per heavy atom. The van der Waals surface area contributed by atoms with Crippen LogP contribution in [0.25, 0.3) is 0 Å². The van der Waals surface area contributed by atoms with Crippen LogP contribution in [-0.4, -0.2) is 0 Å². The minimum Gasteiger partial charge on any atom is -0.324 e. The van der Waals surface area contributed by atoms with Crippen molar-refractivity contribution in [3.8, 4) is 6.07 Å². The van der Waals surface area contributed by atoms with Crippen LogP contribution in [0.15, 0.2) is 18.2 Å². The van der Waals surface area contributed by atoms with Gasteiger partial charge < -0.3 is 5.73 Å². The molecular formula is C12H16N2. The normalized spacial score (nSPS) is 12.6. The molecule has 1 atom stereocenters. The van der Waals surface area contributed by atoms with Gasteiger partial charge in [0.25, 0.3) is 0 Å². The molecule has 0 spiro atoms. The van der Waals surface area contributed by atoms with Gasteiger partial charge in [-0.3, -0.25) is 0 Å². The number of hydrogen-bond acceptors (Lipinski definition) is 2. The maximum atomic E-state index is 8.97. The number of hydrogen-bond donors (Lipinski definition) is 1. The van der Waals surface area contributed by atoms with Crippen molar-refractivity contribution in [2.75, 3.05) is 0 Å². The summed E-state index contributed by atoms with van der Waals surface area (Å²) in [7, 11) is 0. The van der Waals surface area contributed by atoms with Crippen molar-refractivity contribution >= 4 is 0 Å². The summed E-state index contributed by atoms with van der Waals surface area (Å²) in [6.07, 6.45) is 0. The van der Waals surface area contributed by atoms with Crippen molar-refractivity contribution in [3.05, 3.63) is 34.9 Å². The molecule has 0 aliphatic heterocycles. The summed E-state index contributed by atoms with van der Waals surface area (Å²) in [6.45, 7) is 6.13. The molecule has 0 amide bonds. The molecular weight excluding hydrogens is 172 g/mol. The van der Waals surface area contributed by atoms with Gasteiger partial charge in [0.1, 0.15) is 0 Å². The van der Waals surface area contributed by atoms with Gasteiger partial charge in [0.15, 0.2) is 0 Å². The molecule has 2 heteroatoms. The molecule has 0 heterocycles. The second-order valence-electron chi connectivity index (χ2n) is 3.92. The van der Waals surface area contributed by atoms with Gasteiger partial charge in [-0.1, -0.05) is 26.0 Å². The van der Waals surface area contributed by atoms with E-state index in [-0.39, 0.29) is 6.04 Å². The molecule has 0 bridgehead atoms. The zero-order chi connectivity index (χ0) is 10.7. The highest BCUT2D eigenvalue weighted by atomic mass is 14.6. The lowest BCUT2D eigenvalue weighted by Gasteiger charge is -2.19. The topological polar surface area (TPSA) is 49.8 Å². The molecule has 1 aromatic carbocycles. The third kappa shape index (κ3) is 1.94. The average molecular weight is 188 g/mol. The molecule has 1 rings (SSSR count). The Labute approximate surface area is 85.4 Å². The van der Waals surface area contributed by atoms with E-state index in [9.17, 15) is 0 Å². The zero-order valence-corrected chi connectivity index (χ0v) is 8.91. The second-order valence-corrected chi connectivity index (χ2v) is 3.92. The maximum Gasteiger partial charge on any atom is 0.0995 e. The number of nitrogens with two attached hydrogens (primary N) is 1. The lowest BCUT2D eigenvalue weighted by Crippen LogP contribution is -2.19. The Hall–Kier alpha value is -1.33. The number of nitriles is 1. The van der Waals surface area contributed by atoms with Crippen LogP contribution in [0.5, 0.6) is 0 Å². The van der Waals surface area contributed by atoms with Gasteiger partial charge in [-0.25, -0.2) is 0 Å². The van der Waals surface area contributed by atoms with E-state index in [1.54, 1.807) is 0 Å². The first-order valence-electron chi connectivity index (χ1n) is 4.83. The molecule has 0 radical (unpaired) electrons. The molecule has 1 unspecified atom stereocenters. The number of aryl methyl sites for hydroxylation is 1. The van der Waals surface area contributed by atoms with Crippen molar-refractivity contribution < 1.29 is 0 Å². The van der Waals surface area contributed by atoms with Gasteiger partial charge in [0, 0.05) is 6.04 Å².